The van der Waals surface area contributed by atoms with E-state index >= 15 is 0 Å². The molecule has 6 nitrogen and oxygen atoms in total. The maximum absolute atomic E-state index is 13.8. The van der Waals surface area contributed by atoms with Crippen LogP contribution < -0.4 is 0 Å². The monoisotopic (exact) mass is 430 g/mol. The van der Waals surface area contributed by atoms with Crippen LogP contribution in [0.4, 0.5) is 0 Å². The van der Waals surface area contributed by atoms with Crippen molar-refractivity contribution in [2.75, 3.05) is 13.1 Å². The van der Waals surface area contributed by atoms with Gasteiger partial charge >= 0.3 is 0 Å². The Labute approximate surface area is 180 Å². The number of aromatic nitrogens is 3. The zero-order valence-electron chi connectivity index (χ0n) is 19.0. The fourth-order valence-corrected chi connectivity index (χ4v) is 7.25. The number of fused-ring (bicyclic) bond motifs is 1. The highest BCUT2D eigenvalue weighted by atomic mass is 32.2. The summed E-state index contributed by atoms with van der Waals surface area (Å²) in [6.45, 7) is 12.0. The fourth-order valence-electron chi connectivity index (χ4n) is 5.16. The molecule has 1 aromatic heterocycles. The summed E-state index contributed by atoms with van der Waals surface area (Å²) in [6, 6.07) is 0. The highest BCUT2D eigenvalue weighted by molar-refractivity contribution is 7.89. The van der Waals surface area contributed by atoms with E-state index in [1.165, 1.54) is 12.0 Å². The molecule has 1 saturated heterocycles. The van der Waals surface area contributed by atoms with Gasteiger partial charge in [-0.3, -0.25) is 0 Å². The molecule has 1 atom stereocenters. The zero-order chi connectivity index (χ0) is 21.6. The molecule has 2 aliphatic heterocycles. The van der Waals surface area contributed by atoms with Gasteiger partial charge < -0.3 is 4.57 Å². The molecule has 4 rings (SSSR count). The molecule has 1 aromatic carbocycles. The molecule has 2 aromatic rings. The number of sulfonamides is 1. The van der Waals surface area contributed by atoms with Crippen LogP contribution in [0, 0.1) is 34.6 Å². The van der Waals surface area contributed by atoms with Crippen molar-refractivity contribution < 1.29 is 8.42 Å². The van der Waals surface area contributed by atoms with Gasteiger partial charge in [0.1, 0.15) is 11.6 Å². The van der Waals surface area contributed by atoms with Crippen LogP contribution >= 0.6 is 0 Å². The third kappa shape index (κ3) is 3.50. The molecule has 2 aliphatic rings. The van der Waals surface area contributed by atoms with Gasteiger partial charge in [-0.2, -0.15) is 4.31 Å². The van der Waals surface area contributed by atoms with Crippen molar-refractivity contribution in [1.29, 1.82) is 0 Å². The van der Waals surface area contributed by atoms with Crippen molar-refractivity contribution in [3.8, 4) is 0 Å². The van der Waals surface area contributed by atoms with E-state index in [0.29, 0.717) is 18.0 Å². The quantitative estimate of drug-likeness (QED) is 0.735. The second-order valence-corrected chi connectivity index (χ2v) is 11.0. The fraction of sp³-hybridized carbons (Fsp3) is 0.652. The molecule has 0 spiro atoms. The third-order valence-electron chi connectivity index (χ3n) is 7.42. The van der Waals surface area contributed by atoms with Crippen molar-refractivity contribution in [2.45, 2.75) is 90.5 Å². The normalized spacial score (nSPS) is 20.8. The van der Waals surface area contributed by atoms with Crippen LogP contribution in [0.5, 0.6) is 0 Å². The average molecular weight is 431 g/mol. The molecule has 0 amide bonds. The molecule has 0 radical (unpaired) electrons. The van der Waals surface area contributed by atoms with Gasteiger partial charge in [0.15, 0.2) is 0 Å². The summed E-state index contributed by atoms with van der Waals surface area (Å²) in [5.41, 5.74) is 5.11. The second kappa shape index (κ2) is 8.08. The van der Waals surface area contributed by atoms with Crippen LogP contribution in [0.15, 0.2) is 4.90 Å². The molecule has 7 heteroatoms. The van der Waals surface area contributed by atoms with Crippen molar-refractivity contribution >= 4 is 10.0 Å². The number of rotatable bonds is 3. The smallest absolute Gasteiger partial charge is 0.243 e. The van der Waals surface area contributed by atoms with Gasteiger partial charge in [0.2, 0.25) is 10.0 Å². The topological polar surface area (TPSA) is 68.1 Å². The summed E-state index contributed by atoms with van der Waals surface area (Å²) in [4.78, 5) is 0.504. The lowest BCUT2D eigenvalue weighted by molar-refractivity contribution is 0.303. The summed E-state index contributed by atoms with van der Waals surface area (Å²) < 4.78 is 31.5. The van der Waals surface area contributed by atoms with Crippen LogP contribution in [-0.2, 0) is 23.0 Å². The molecule has 0 aliphatic carbocycles. The Morgan fingerprint density at radius 1 is 0.800 bits per heavy atom. The van der Waals surface area contributed by atoms with Gasteiger partial charge in [0.25, 0.3) is 0 Å². The van der Waals surface area contributed by atoms with E-state index in [0.717, 1.165) is 72.6 Å². The lowest BCUT2D eigenvalue weighted by Gasteiger charge is -2.33. The first-order valence-corrected chi connectivity index (χ1v) is 12.7. The predicted octanol–water partition coefficient (Wildman–Crippen LogP) is 4.11. The van der Waals surface area contributed by atoms with Crippen molar-refractivity contribution in [3.63, 3.8) is 0 Å². The number of hydrogen-bond acceptors (Lipinski definition) is 4. The van der Waals surface area contributed by atoms with Gasteiger partial charge in [-0.05, 0) is 88.1 Å². The number of piperidine rings is 1. The van der Waals surface area contributed by atoms with Crippen LogP contribution in [0.3, 0.4) is 0 Å². The van der Waals surface area contributed by atoms with Gasteiger partial charge in [-0.1, -0.05) is 6.42 Å². The Morgan fingerprint density at radius 3 is 2.17 bits per heavy atom. The number of nitrogens with zero attached hydrogens (tertiary/aromatic N) is 4. The van der Waals surface area contributed by atoms with E-state index in [4.69, 9.17) is 0 Å². The number of hydrogen-bond donors (Lipinski definition) is 0. The second-order valence-electron chi connectivity index (χ2n) is 9.09. The lowest BCUT2D eigenvalue weighted by Crippen LogP contribution is -2.40. The molecule has 0 bridgehead atoms. The molecule has 0 saturated carbocycles. The van der Waals surface area contributed by atoms with Crippen molar-refractivity contribution in [1.82, 2.24) is 19.1 Å². The SMILES string of the molecule is Cc1c(C)c(C)c(S(=O)(=O)N2CCC[C@@H](c3nnc4n3CCCCC4)C2)c(C)c1C. The molecule has 0 N–H and O–H groups in total. The van der Waals surface area contributed by atoms with Crippen LogP contribution in [0.1, 0.15) is 77.5 Å². The third-order valence-corrected chi connectivity index (χ3v) is 9.56. The Hall–Kier alpha value is -1.73. The Kier molecular flexibility index (Phi) is 5.79. The van der Waals surface area contributed by atoms with Crippen LogP contribution in [0.2, 0.25) is 0 Å². The maximum atomic E-state index is 13.8. The van der Waals surface area contributed by atoms with E-state index in [9.17, 15) is 8.42 Å². The lowest BCUT2D eigenvalue weighted by atomic mass is 9.95. The molecule has 30 heavy (non-hydrogen) atoms. The molecular weight excluding hydrogens is 396 g/mol. The summed E-state index contributed by atoms with van der Waals surface area (Å²) in [6.07, 6.45) is 6.32. The van der Waals surface area contributed by atoms with Gasteiger partial charge in [0.05, 0.1) is 4.90 Å². The Morgan fingerprint density at radius 2 is 1.47 bits per heavy atom. The Balaban J connectivity index is 1.68. The first-order valence-electron chi connectivity index (χ1n) is 11.2. The molecule has 3 heterocycles. The highest BCUT2D eigenvalue weighted by Gasteiger charge is 2.36. The van der Waals surface area contributed by atoms with Crippen molar-refractivity contribution in [2.24, 2.45) is 0 Å². The van der Waals surface area contributed by atoms with Crippen LogP contribution in [0.25, 0.3) is 0 Å². The molecule has 164 valence electrons. The highest BCUT2D eigenvalue weighted by Crippen LogP contribution is 2.35. The van der Waals surface area contributed by atoms with Crippen LogP contribution in [-0.4, -0.2) is 40.6 Å². The average Bonchev–Trinajstić information content (AvgIpc) is 2.99. The number of aryl methyl sites for hydroxylation is 1. The van der Waals surface area contributed by atoms with Gasteiger partial charge in [0, 0.05) is 32.0 Å². The summed E-state index contributed by atoms with van der Waals surface area (Å²) in [5.74, 6) is 2.16. The minimum atomic E-state index is -3.56. The van der Waals surface area contributed by atoms with E-state index < -0.39 is 10.0 Å². The van der Waals surface area contributed by atoms with E-state index in [1.54, 1.807) is 4.31 Å². The minimum absolute atomic E-state index is 0.112. The summed E-state index contributed by atoms with van der Waals surface area (Å²) in [7, 11) is -3.56. The summed E-state index contributed by atoms with van der Waals surface area (Å²) >= 11 is 0. The molecule has 1 fully saturated rings. The maximum Gasteiger partial charge on any atom is 0.243 e. The standard InChI is InChI=1S/C23H34N4O2S/c1-15-16(2)18(4)22(19(5)17(15)3)30(28,29)26-12-9-10-20(14-26)23-25-24-21-11-7-6-8-13-27(21)23/h20H,6-14H2,1-5H3/t20-/m1/s1. The minimum Gasteiger partial charge on any atom is -0.315 e. The molecule has 0 unspecified atom stereocenters. The predicted molar refractivity (Wildman–Crippen MR) is 118 cm³/mol. The first-order chi connectivity index (χ1) is 14.2. The van der Waals surface area contributed by atoms with Gasteiger partial charge in [-0.25, -0.2) is 8.42 Å². The number of benzene rings is 1. The molecular formula is C23H34N4O2S. The zero-order valence-corrected chi connectivity index (χ0v) is 19.8. The van der Waals surface area contributed by atoms with E-state index in [1.807, 2.05) is 27.7 Å². The summed E-state index contributed by atoms with van der Waals surface area (Å²) in [5, 5.41) is 8.96. The van der Waals surface area contributed by atoms with E-state index in [2.05, 4.69) is 21.7 Å². The first kappa shape index (κ1) is 21.5. The van der Waals surface area contributed by atoms with E-state index in [-0.39, 0.29) is 5.92 Å². The van der Waals surface area contributed by atoms with Crippen molar-refractivity contribution in [3.05, 3.63) is 39.5 Å². The van der Waals surface area contributed by atoms with Gasteiger partial charge in [-0.15, -0.1) is 10.2 Å². The largest absolute Gasteiger partial charge is 0.315 e. The Bertz CT molecular complexity index is 1040.